The number of pyridine rings is 1. The van der Waals surface area contributed by atoms with Crippen molar-refractivity contribution in [2.24, 2.45) is 10.7 Å². The van der Waals surface area contributed by atoms with Crippen molar-refractivity contribution in [3.63, 3.8) is 0 Å². The molecule has 3 aliphatic heterocycles. The van der Waals surface area contributed by atoms with Crippen LogP contribution in [0.25, 0.3) is 11.1 Å². The molecule has 1 saturated heterocycles. The van der Waals surface area contributed by atoms with Gasteiger partial charge in [0, 0.05) is 23.7 Å². The van der Waals surface area contributed by atoms with Crippen LogP contribution in [0.3, 0.4) is 0 Å². The van der Waals surface area contributed by atoms with E-state index in [1.165, 1.54) is 6.20 Å². The van der Waals surface area contributed by atoms with E-state index in [0.717, 1.165) is 12.0 Å². The van der Waals surface area contributed by atoms with Crippen molar-refractivity contribution < 1.29 is 18.6 Å². The van der Waals surface area contributed by atoms with Crippen LogP contribution in [-0.4, -0.2) is 35.9 Å². The number of benzene rings is 1. The number of amidine groups is 1. The summed E-state index contributed by atoms with van der Waals surface area (Å²) >= 11 is 0. The summed E-state index contributed by atoms with van der Waals surface area (Å²) in [4.78, 5) is 8.36. The van der Waals surface area contributed by atoms with Crippen LogP contribution in [0, 0.1) is 5.95 Å². The first-order valence-electron chi connectivity index (χ1n) is 8.56. The third-order valence-electron chi connectivity index (χ3n) is 5.48. The Morgan fingerprint density at radius 3 is 2.96 bits per heavy atom. The lowest BCUT2D eigenvalue weighted by Crippen LogP contribution is -2.57. The topological polar surface area (TPSA) is 79.0 Å². The third-order valence-corrected chi connectivity index (χ3v) is 5.48. The molecule has 6 nitrogen and oxygen atoms in total. The monoisotopic (exact) mass is 355 g/mol. The molecule has 3 aliphatic rings. The van der Waals surface area contributed by atoms with Crippen molar-refractivity contribution in [2.45, 2.75) is 30.6 Å². The third kappa shape index (κ3) is 2.00. The largest absolute Gasteiger partial charge is 0.484 e. The predicted molar refractivity (Wildman–Crippen MR) is 92.3 cm³/mol. The lowest BCUT2D eigenvalue weighted by Gasteiger charge is -2.45. The second-order valence-corrected chi connectivity index (χ2v) is 7.13. The highest BCUT2D eigenvalue weighted by molar-refractivity contribution is 5.76. The van der Waals surface area contributed by atoms with E-state index in [0.29, 0.717) is 23.5 Å². The van der Waals surface area contributed by atoms with E-state index in [4.69, 9.17) is 19.9 Å². The van der Waals surface area contributed by atoms with Crippen molar-refractivity contribution in [2.75, 3.05) is 13.2 Å². The molecule has 0 aliphatic carbocycles. The van der Waals surface area contributed by atoms with Crippen molar-refractivity contribution in [1.82, 2.24) is 4.98 Å². The molecule has 134 valence electrons. The van der Waals surface area contributed by atoms with Crippen LogP contribution >= 0.6 is 0 Å². The molecule has 0 bridgehead atoms. The number of halogens is 1. The summed E-state index contributed by atoms with van der Waals surface area (Å²) in [5.41, 5.74) is 6.46. The summed E-state index contributed by atoms with van der Waals surface area (Å²) < 4.78 is 32.0. The van der Waals surface area contributed by atoms with Gasteiger partial charge in [0.05, 0.1) is 6.61 Å². The second kappa shape index (κ2) is 5.17. The van der Waals surface area contributed by atoms with Crippen molar-refractivity contribution in [3.05, 3.63) is 48.0 Å². The quantitative estimate of drug-likeness (QED) is 0.795. The summed E-state index contributed by atoms with van der Waals surface area (Å²) in [7, 11) is 0. The number of ether oxygens (including phenoxy) is 3. The van der Waals surface area contributed by atoms with Crippen LogP contribution < -0.4 is 10.5 Å². The Morgan fingerprint density at radius 1 is 1.31 bits per heavy atom. The van der Waals surface area contributed by atoms with Crippen molar-refractivity contribution in [1.29, 1.82) is 0 Å². The SMILES string of the molecule is CC12CCOC1C1(COC(N)=N1)c1cc(-c3cccnc3F)ccc1O2. The number of hydrogen-bond acceptors (Lipinski definition) is 6. The minimum absolute atomic E-state index is 0.133. The van der Waals surface area contributed by atoms with E-state index < -0.39 is 17.1 Å². The molecule has 1 spiro atoms. The number of hydrogen-bond donors (Lipinski definition) is 1. The second-order valence-electron chi connectivity index (χ2n) is 7.13. The number of nitrogens with zero attached hydrogens (tertiary/aromatic N) is 2. The molecule has 3 atom stereocenters. The van der Waals surface area contributed by atoms with E-state index in [1.807, 2.05) is 25.1 Å². The maximum absolute atomic E-state index is 14.2. The first kappa shape index (κ1) is 15.6. The lowest BCUT2D eigenvalue weighted by molar-refractivity contribution is -0.0756. The molecular weight excluding hydrogens is 337 g/mol. The van der Waals surface area contributed by atoms with E-state index in [2.05, 4.69) is 9.98 Å². The van der Waals surface area contributed by atoms with Crippen LogP contribution in [0.5, 0.6) is 5.75 Å². The fraction of sp³-hybridized carbons (Fsp3) is 0.368. The van der Waals surface area contributed by atoms with Gasteiger partial charge in [-0.1, -0.05) is 6.07 Å². The van der Waals surface area contributed by atoms with Gasteiger partial charge in [0.15, 0.2) is 5.54 Å². The summed E-state index contributed by atoms with van der Waals surface area (Å²) in [6.07, 6.45) is 1.86. The Kier molecular flexibility index (Phi) is 3.10. The average Bonchev–Trinajstić information content (AvgIpc) is 3.20. The maximum Gasteiger partial charge on any atom is 0.283 e. The number of fused-ring (bicyclic) bond motifs is 4. The van der Waals surface area contributed by atoms with E-state index in [9.17, 15) is 4.39 Å². The molecule has 1 fully saturated rings. The van der Waals surface area contributed by atoms with Crippen LogP contribution in [-0.2, 0) is 15.0 Å². The van der Waals surface area contributed by atoms with Gasteiger partial charge < -0.3 is 19.9 Å². The molecule has 3 unspecified atom stereocenters. The Labute approximate surface area is 149 Å². The maximum atomic E-state index is 14.2. The van der Waals surface area contributed by atoms with E-state index in [-0.39, 0.29) is 18.7 Å². The van der Waals surface area contributed by atoms with E-state index in [1.54, 1.807) is 12.1 Å². The minimum Gasteiger partial charge on any atom is -0.484 e. The molecule has 26 heavy (non-hydrogen) atoms. The molecule has 2 N–H and O–H groups in total. The number of nitrogens with two attached hydrogens (primary N) is 1. The Morgan fingerprint density at radius 2 is 2.19 bits per heavy atom. The normalized spacial score (nSPS) is 31.8. The summed E-state index contributed by atoms with van der Waals surface area (Å²) in [6, 6.07) is 9.09. The molecule has 0 radical (unpaired) electrons. The summed E-state index contributed by atoms with van der Waals surface area (Å²) in [5.74, 6) is 0.176. The highest BCUT2D eigenvalue weighted by Crippen LogP contribution is 2.53. The van der Waals surface area contributed by atoms with Crippen LogP contribution in [0.15, 0.2) is 41.5 Å². The number of rotatable bonds is 1. The smallest absolute Gasteiger partial charge is 0.283 e. The summed E-state index contributed by atoms with van der Waals surface area (Å²) in [5, 5.41) is 0. The van der Waals surface area contributed by atoms with Gasteiger partial charge >= 0.3 is 0 Å². The van der Waals surface area contributed by atoms with Gasteiger partial charge in [0.1, 0.15) is 24.1 Å². The van der Waals surface area contributed by atoms with Gasteiger partial charge in [0.2, 0.25) is 5.95 Å². The first-order chi connectivity index (χ1) is 12.5. The molecular formula is C19H18FN3O3. The van der Waals surface area contributed by atoms with Crippen LogP contribution in [0.1, 0.15) is 18.9 Å². The Balaban J connectivity index is 1.72. The fourth-order valence-corrected chi connectivity index (χ4v) is 4.27. The minimum atomic E-state index is -0.794. The van der Waals surface area contributed by atoms with Gasteiger partial charge in [0.25, 0.3) is 6.02 Å². The molecule has 7 heteroatoms. The standard InChI is InChI=1S/C19H18FN3O3/c1-18-6-8-24-16(18)19(10-25-17(21)23-19)13-9-11(4-5-14(13)26-18)12-3-2-7-22-15(12)20/h2-5,7,9,16H,6,8,10H2,1H3,(H2,21,23). The van der Waals surface area contributed by atoms with E-state index >= 15 is 0 Å². The summed E-state index contributed by atoms with van der Waals surface area (Å²) in [6.45, 7) is 2.87. The molecule has 5 rings (SSSR count). The first-order valence-corrected chi connectivity index (χ1v) is 8.56. The van der Waals surface area contributed by atoms with Crippen LogP contribution in [0.4, 0.5) is 4.39 Å². The predicted octanol–water partition coefficient (Wildman–Crippen LogP) is 2.37. The zero-order valence-corrected chi connectivity index (χ0v) is 14.2. The number of aromatic nitrogens is 1. The van der Waals surface area contributed by atoms with Gasteiger partial charge in [-0.05, 0) is 36.8 Å². The molecule has 1 aromatic heterocycles. The molecule has 0 saturated carbocycles. The van der Waals surface area contributed by atoms with Crippen LogP contribution in [0.2, 0.25) is 0 Å². The van der Waals surface area contributed by atoms with Gasteiger partial charge in [-0.3, -0.25) is 0 Å². The van der Waals surface area contributed by atoms with Gasteiger partial charge in [-0.15, -0.1) is 0 Å². The van der Waals surface area contributed by atoms with Gasteiger partial charge in [-0.25, -0.2) is 9.98 Å². The highest BCUT2D eigenvalue weighted by Gasteiger charge is 2.62. The van der Waals surface area contributed by atoms with Crippen molar-refractivity contribution >= 4 is 6.02 Å². The zero-order chi connectivity index (χ0) is 17.9. The molecule has 4 heterocycles. The fourth-order valence-electron chi connectivity index (χ4n) is 4.27. The van der Waals surface area contributed by atoms with Gasteiger partial charge in [-0.2, -0.15) is 4.39 Å². The highest BCUT2D eigenvalue weighted by atomic mass is 19.1. The molecule has 1 aromatic carbocycles. The Hall–Kier alpha value is -2.67. The molecule has 0 amide bonds. The zero-order valence-electron chi connectivity index (χ0n) is 14.2. The average molecular weight is 355 g/mol. The number of aliphatic imine (C=N–C) groups is 1. The molecule has 2 aromatic rings. The lowest BCUT2D eigenvalue weighted by atomic mass is 9.74. The van der Waals surface area contributed by atoms with Crippen molar-refractivity contribution in [3.8, 4) is 16.9 Å². The Bertz CT molecular complexity index is 934.